The highest BCUT2D eigenvalue weighted by Gasteiger charge is 2.23. The van der Waals surface area contributed by atoms with E-state index in [2.05, 4.69) is 30.3 Å². The van der Waals surface area contributed by atoms with E-state index >= 15 is 0 Å². The smallest absolute Gasteiger partial charge is 0.317 e. The molecule has 6 nitrogen and oxygen atoms in total. The van der Waals surface area contributed by atoms with Gasteiger partial charge in [-0.1, -0.05) is 6.92 Å². The third kappa shape index (κ3) is 4.20. The maximum Gasteiger partial charge on any atom is 0.317 e. The molecule has 0 aliphatic carbocycles. The summed E-state index contributed by atoms with van der Waals surface area (Å²) in [5.41, 5.74) is 2.19. The van der Waals surface area contributed by atoms with Crippen LogP contribution in [0.4, 0.5) is 4.79 Å². The van der Waals surface area contributed by atoms with Crippen molar-refractivity contribution in [1.29, 1.82) is 0 Å². The van der Waals surface area contributed by atoms with Crippen LogP contribution in [0.2, 0.25) is 0 Å². The van der Waals surface area contributed by atoms with Crippen LogP contribution in [-0.4, -0.2) is 53.1 Å². The predicted molar refractivity (Wildman–Crippen MR) is 81.3 cm³/mol. The first-order valence-corrected chi connectivity index (χ1v) is 7.60. The van der Waals surface area contributed by atoms with Crippen molar-refractivity contribution in [2.45, 2.75) is 40.3 Å². The van der Waals surface area contributed by atoms with Crippen molar-refractivity contribution in [2.75, 3.05) is 26.3 Å². The number of morpholine rings is 1. The van der Waals surface area contributed by atoms with Gasteiger partial charge in [0.15, 0.2) is 0 Å². The molecule has 118 valence electrons. The van der Waals surface area contributed by atoms with E-state index in [0.717, 1.165) is 17.9 Å². The van der Waals surface area contributed by atoms with Gasteiger partial charge >= 0.3 is 6.03 Å². The van der Waals surface area contributed by atoms with E-state index in [1.807, 2.05) is 23.4 Å². The Bertz CT molecular complexity index is 486. The molecule has 0 radical (unpaired) electrons. The SMILES string of the molecule is Cc1cc(C)n(CC(C)CNC(=O)N2CCOCC2C)n1. The molecular formula is C15H26N4O2. The number of aromatic nitrogens is 2. The lowest BCUT2D eigenvalue weighted by Crippen LogP contribution is -2.51. The fourth-order valence-electron chi connectivity index (χ4n) is 2.61. The highest BCUT2D eigenvalue weighted by Crippen LogP contribution is 2.08. The maximum absolute atomic E-state index is 12.2. The summed E-state index contributed by atoms with van der Waals surface area (Å²) in [7, 11) is 0. The second kappa shape index (κ2) is 6.93. The van der Waals surface area contributed by atoms with Gasteiger partial charge in [0.25, 0.3) is 0 Å². The van der Waals surface area contributed by atoms with E-state index in [1.165, 1.54) is 0 Å². The number of hydrogen-bond donors (Lipinski definition) is 1. The van der Waals surface area contributed by atoms with Crippen molar-refractivity contribution in [3.63, 3.8) is 0 Å². The molecule has 1 N–H and O–H groups in total. The average molecular weight is 294 g/mol. The van der Waals surface area contributed by atoms with E-state index in [9.17, 15) is 4.79 Å². The standard InChI is InChI=1S/C15H26N4O2/c1-11(9-19-13(3)7-12(2)17-19)8-16-15(20)18-5-6-21-10-14(18)4/h7,11,14H,5-6,8-10H2,1-4H3,(H,16,20). The van der Waals surface area contributed by atoms with Crippen LogP contribution in [0.15, 0.2) is 6.07 Å². The average Bonchev–Trinajstić information content (AvgIpc) is 2.74. The van der Waals surface area contributed by atoms with Gasteiger partial charge in [0.05, 0.1) is 24.9 Å². The number of carbonyl (C=O) groups is 1. The predicted octanol–water partition coefficient (Wildman–Crippen LogP) is 1.57. The number of amides is 2. The van der Waals surface area contributed by atoms with Gasteiger partial charge in [-0.05, 0) is 32.8 Å². The molecule has 6 heteroatoms. The molecule has 0 bridgehead atoms. The number of rotatable bonds is 4. The monoisotopic (exact) mass is 294 g/mol. The first kappa shape index (κ1) is 15.8. The molecule has 1 aliphatic heterocycles. The Morgan fingerprint density at radius 1 is 1.57 bits per heavy atom. The van der Waals surface area contributed by atoms with E-state index in [4.69, 9.17) is 4.74 Å². The molecule has 1 fully saturated rings. The summed E-state index contributed by atoms with van der Waals surface area (Å²) in [6.45, 7) is 11.6. The maximum atomic E-state index is 12.2. The highest BCUT2D eigenvalue weighted by molar-refractivity contribution is 5.74. The minimum Gasteiger partial charge on any atom is -0.377 e. The van der Waals surface area contributed by atoms with Crippen molar-refractivity contribution in [3.8, 4) is 0 Å². The van der Waals surface area contributed by atoms with Gasteiger partial charge in [0.2, 0.25) is 0 Å². The topological polar surface area (TPSA) is 59.4 Å². The van der Waals surface area contributed by atoms with Crippen molar-refractivity contribution in [3.05, 3.63) is 17.5 Å². The molecule has 1 saturated heterocycles. The Labute approximate surface area is 126 Å². The lowest BCUT2D eigenvalue weighted by Gasteiger charge is -2.33. The molecular weight excluding hydrogens is 268 g/mol. The second-order valence-corrected chi connectivity index (χ2v) is 6.02. The van der Waals surface area contributed by atoms with Gasteiger partial charge in [0.1, 0.15) is 0 Å². The van der Waals surface area contributed by atoms with Gasteiger partial charge in [-0.25, -0.2) is 4.79 Å². The van der Waals surface area contributed by atoms with Gasteiger partial charge in [-0.15, -0.1) is 0 Å². The summed E-state index contributed by atoms with van der Waals surface area (Å²) in [5, 5.41) is 7.48. The second-order valence-electron chi connectivity index (χ2n) is 6.02. The lowest BCUT2D eigenvalue weighted by molar-refractivity contribution is 0.0188. The largest absolute Gasteiger partial charge is 0.377 e. The Hall–Kier alpha value is -1.56. The van der Waals surface area contributed by atoms with Crippen molar-refractivity contribution in [2.24, 2.45) is 5.92 Å². The molecule has 1 aromatic heterocycles. The number of aryl methyl sites for hydroxylation is 2. The van der Waals surface area contributed by atoms with E-state index in [1.54, 1.807) is 0 Å². The number of nitrogens with one attached hydrogen (secondary N) is 1. The summed E-state index contributed by atoms with van der Waals surface area (Å²) in [6.07, 6.45) is 0. The normalized spacial score (nSPS) is 20.4. The van der Waals surface area contributed by atoms with Crippen LogP contribution in [-0.2, 0) is 11.3 Å². The minimum atomic E-state index is 0.00557. The first-order chi connectivity index (χ1) is 9.97. The molecule has 0 spiro atoms. The molecule has 2 heterocycles. The van der Waals surface area contributed by atoms with Crippen LogP contribution in [0.25, 0.3) is 0 Å². The van der Waals surface area contributed by atoms with Crippen LogP contribution in [0.1, 0.15) is 25.2 Å². The van der Waals surface area contributed by atoms with Crippen LogP contribution in [0.3, 0.4) is 0 Å². The summed E-state index contributed by atoms with van der Waals surface area (Å²) in [5.74, 6) is 0.336. The number of ether oxygens (including phenoxy) is 1. The summed E-state index contributed by atoms with van der Waals surface area (Å²) < 4.78 is 7.35. The van der Waals surface area contributed by atoms with Crippen LogP contribution in [0, 0.1) is 19.8 Å². The number of carbonyl (C=O) groups excluding carboxylic acids is 1. The molecule has 2 rings (SSSR count). The van der Waals surface area contributed by atoms with Crippen molar-refractivity contribution in [1.82, 2.24) is 20.0 Å². The molecule has 0 aromatic carbocycles. The van der Waals surface area contributed by atoms with E-state index in [0.29, 0.717) is 32.2 Å². The lowest BCUT2D eigenvalue weighted by atomic mass is 10.2. The van der Waals surface area contributed by atoms with Crippen molar-refractivity contribution < 1.29 is 9.53 Å². The summed E-state index contributed by atoms with van der Waals surface area (Å²) in [6, 6.07) is 2.22. The fraction of sp³-hybridized carbons (Fsp3) is 0.733. The third-order valence-electron chi connectivity index (χ3n) is 3.82. The zero-order valence-corrected chi connectivity index (χ0v) is 13.4. The van der Waals surface area contributed by atoms with E-state index in [-0.39, 0.29) is 12.1 Å². The zero-order chi connectivity index (χ0) is 15.4. The quantitative estimate of drug-likeness (QED) is 0.917. The molecule has 2 atom stereocenters. The number of nitrogens with zero attached hydrogens (tertiary/aromatic N) is 3. The third-order valence-corrected chi connectivity index (χ3v) is 3.82. The Morgan fingerprint density at radius 2 is 2.33 bits per heavy atom. The zero-order valence-electron chi connectivity index (χ0n) is 13.4. The molecule has 2 unspecified atom stereocenters. The van der Waals surface area contributed by atoms with Gasteiger partial charge < -0.3 is 15.0 Å². The highest BCUT2D eigenvalue weighted by atomic mass is 16.5. The van der Waals surface area contributed by atoms with Gasteiger partial charge in [-0.3, -0.25) is 4.68 Å². The first-order valence-electron chi connectivity index (χ1n) is 7.60. The number of hydrogen-bond acceptors (Lipinski definition) is 3. The Morgan fingerprint density at radius 3 is 2.95 bits per heavy atom. The molecule has 21 heavy (non-hydrogen) atoms. The van der Waals surface area contributed by atoms with Gasteiger partial charge in [-0.2, -0.15) is 5.10 Å². The minimum absolute atomic E-state index is 0.00557. The molecule has 0 saturated carbocycles. The van der Waals surface area contributed by atoms with E-state index < -0.39 is 0 Å². The number of urea groups is 1. The van der Waals surface area contributed by atoms with Crippen LogP contribution in [0.5, 0.6) is 0 Å². The van der Waals surface area contributed by atoms with Crippen LogP contribution >= 0.6 is 0 Å². The molecule has 1 aromatic rings. The molecule has 2 amide bonds. The Balaban J connectivity index is 1.79. The molecule has 1 aliphatic rings. The summed E-state index contributed by atoms with van der Waals surface area (Å²) >= 11 is 0. The van der Waals surface area contributed by atoms with Gasteiger partial charge in [0, 0.05) is 25.3 Å². The Kier molecular flexibility index (Phi) is 5.22. The van der Waals surface area contributed by atoms with Crippen molar-refractivity contribution >= 4 is 6.03 Å². The fourth-order valence-corrected chi connectivity index (χ4v) is 2.61. The van der Waals surface area contributed by atoms with Crippen LogP contribution < -0.4 is 5.32 Å². The summed E-state index contributed by atoms with van der Waals surface area (Å²) in [4.78, 5) is 14.0.